The molecule has 1 N–H and O–H groups in total. The topological polar surface area (TPSA) is 69.7 Å². The van der Waals surface area contributed by atoms with E-state index in [-0.39, 0.29) is 12.5 Å². The first-order valence-electron chi connectivity index (χ1n) is 10.6. The largest absolute Gasteiger partial charge is 0.336 e. The van der Waals surface area contributed by atoms with Gasteiger partial charge in [-0.2, -0.15) is 0 Å². The van der Waals surface area contributed by atoms with Crippen molar-refractivity contribution >= 4 is 29.2 Å². The number of thiophene rings is 1. The van der Waals surface area contributed by atoms with E-state index < -0.39 is 17.5 Å². The van der Waals surface area contributed by atoms with E-state index in [1.165, 1.54) is 0 Å². The summed E-state index contributed by atoms with van der Waals surface area (Å²) in [7, 11) is 0. The Labute approximate surface area is 191 Å². The van der Waals surface area contributed by atoms with Gasteiger partial charge < -0.3 is 10.2 Å². The molecule has 4 rings (SSSR count). The summed E-state index contributed by atoms with van der Waals surface area (Å²) < 4.78 is 0. The quantitative estimate of drug-likeness (QED) is 0.534. The van der Waals surface area contributed by atoms with E-state index in [2.05, 4.69) is 5.32 Å². The Hall–Kier alpha value is -3.45. The van der Waals surface area contributed by atoms with Crippen molar-refractivity contribution in [1.82, 2.24) is 15.1 Å². The minimum Gasteiger partial charge on any atom is -0.336 e. The van der Waals surface area contributed by atoms with Gasteiger partial charge in [-0.05, 0) is 29.5 Å². The average molecular weight is 448 g/mol. The first-order chi connectivity index (χ1) is 15.5. The Bertz CT molecular complexity index is 1090. The number of likely N-dealkylation sites (N-methyl/N-ethyl adjacent to an activating group) is 1. The molecular formula is C25H25N3O3S. The van der Waals surface area contributed by atoms with Gasteiger partial charge in [-0.1, -0.05) is 66.7 Å². The Morgan fingerprint density at radius 1 is 1.00 bits per heavy atom. The van der Waals surface area contributed by atoms with Crippen LogP contribution in [-0.2, 0) is 28.1 Å². The molecule has 7 heteroatoms. The van der Waals surface area contributed by atoms with E-state index >= 15 is 0 Å². The van der Waals surface area contributed by atoms with Gasteiger partial charge in [-0.3, -0.25) is 14.5 Å². The molecule has 0 bridgehead atoms. The van der Waals surface area contributed by atoms with Gasteiger partial charge in [-0.25, -0.2) is 4.79 Å². The number of amides is 4. The fourth-order valence-corrected chi connectivity index (χ4v) is 4.73. The van der Waals surface area contributed by atoms with Crippen molar-refractivity contribution in [2.24, 2.45) is 0 Å². The number of carbonyl (C=O) groups excluding carboxylic acids is 3. The van der Waals surface area contributed by atoms with Gasteiger partial charge in [0.05, 0.1) is 6.54 Å². The minimum absolute atomic E-state index is 0.257. The van der Waals surface area contributed by atoms with E-state index in [1.807, 2.05) is 85.1 Å². The molecule has 164 valence electrons. The molecule has 1 saturated heterocycles. The zero-order chi connectivity index (χ0) is 22.6. The molecule has 4 amide bonds. The molecule has 1 atom stereocenters. The lowest BCUT2D eigenvalue weighted by Crippen LogP contribution is -2.47. The first-order valence-corrected chi connectivity index (χ1v) is 11.4. The number of hydrogen-bond acceptors (Lipinski definition) is 4. The number of rotatable bonds is 8. The first kappa shape index (κ1) is 21.8. The zero-order valence-electron chi connectivity index (χ0n) is 17.9. The summed E-state index contributed by atoms with van der Waals surface area (Å²) in [5, 5.41) is 4.87. The van der Waals surface area contributed by atoms with Crippen molar-refractivity contribution in [2.75, 3.05) is 13.1 Å². The van der Waals surface area contributed by atoms with Crippen molar-refractivity contribution < 1.29 is 14.4 Å². The van der Waals surface area contributed by atoms with Gasteiger partial charge >= 0.3 is 6.03 Å². The molecule has 0 unspecified atom stereocenters. The number of carbonyl (C=O) groups is 3. The fourth-order valence-electron chi connectivity index (χ4n) is 4.01. The monoisotopic (exact) mass is 447 g/mol. The second kappa shape index (κ2) is 9.36. The normalized spacial score (nSPS) is 18.0. The highest BCUT2D eigenvalue weighted by Gasteiger charge is 2.52. The summed E-state index contributed by atoms with van der Waals surface area (Å²) in [6, 6.07) is 22.2. The molecule has 1 aromatic heterocycles. The summed E-state index contributed by atoms with van der Waals surface area (Å²) >= 11 is 1.57. The van der Waals surface area contributed by atoms with Crippen LogP contribution in [-0.4, -0.2) is 40.7 Å². The van der Waals surface area contributed by atoms with Crippen LogP contribution in [0.4, 0.5) is 4.79 Å². The molecular weight excluding hydrogens is 422 g/mol. The van der Waals surface area contributed by atoms with E-state index in [0.717, 1.165) is 15.3 Å². The van der Waals surface area contributed by atoms with Crippen LogP contribution < -0.4 is 5.32 Å². The van der Waals surface area contributed by atoms with Crippen LogP contribution in [0.3, 0.4) is 0 Å². The van der Waals surface area contributed by atoms with E-state index in [9.17, 15) is 14.4 Å². The van der Waals surface area contributed by atoms with Crippen LogP contribution in [0.2, 0.25) is 0 Å². The van der Waals surface area contributed by atoms with Crippen LogP contribution in [0.25, 0.3) is 0 Å². The molecule has 6 nitrogen and oxygen atoms in total. The molecule has 1 fully saturated rings. The predicted octanol–water partition coefficient (Wildman–Crippen LogP) is 3.79. The van der Waals surface area contributed by atoms with E-state index in [1.54, 1.807) is 16.2 Å². The molecule has 1 aliphatic rings. The number of urea groups is 1. The third kappa shape index (κ3) is 4.29. The molecule has 2 heterocycles. The van der Waals surface area contributed by atoms with Gasteiger partial charge in [-0.15, -0.1) is 11.3 Å². The smallest absolute Gasteiger partial charge is 0.325 e. The van der Waals surface area contributed by atoms with Gasteiger partial charge in [0.25, 0.3) is 5.91 Å². The summed E-state index contributed by atoms with van der Waals surface area (Å²) in [6.07, 6.45) is 0.305. The predicted molar refractivity (Wildman–Crippen MR) is 124 cm³/mol. The van der Waals surface area contributed by atoms with Crippen molar-refractivity contribution in [3.8, 4) is 0 Å². The standard InChI is InChI=1S/C25H25N3O3S/c1-2-27(17-21-14-9-15-32-21)22(29)18-28-23(30)25(26-24(28)31,20-12-7-4-8-13-20)16-19-10-5-3-6-11-19/h3-15H,2,16-18H2,1H3,(H,26,31)/t25-/m0/s1. The molecule has 32 heavy (non-hydrogen) atoms. The summed E-state index contributed by atoms with van der Waals surface area (Å²) in [5.74, 6) is -0.661. The lowest BCUT2D eigenvalue weighted by molar-refractivity contribution is -0.139. The SMILES string of the molecule is CCN(Cc1cccs1)C(=O)CN1C(=O)N[C@@](Cc2ccccc2)(c2ccccc2)C1=O. The van der Waals surface area contributed by atoms with Crippen molar-refractivity contribution in [3.05, 3.63) is 94.2 Å². The molecule has 0 spiro atoms. The van der Waals surface area contributed by atoms with E-state index in [4.69, 9.17) is 0 Å². The minimum atomic E-state index is -1.25. The highest BCUT2D eigenvalue weighted by atomic mass is 32.1. The Balaban J connectivity index is 1.60. The Morgan fingerprint density at radius 2 is 1.69 bits per heavy atom. The van der Waals surface area contributed by atoms with Crippen LogP contribution in [0, 0.1) is 0 Å². The van der Waals surface area contributed by atoms with Crippen molar-refractivity contribution in [1.29, 1.82) is 0 Å². The number of imide groups is 1. The van der Waals surface area contributed by atoms with Crippen LogP contribution in [0.1, 0.15) is 22.9 Å². The van der Waals surface area contributed by atoms with Crippen molar-refractivity contribution in [3.63, 3.8) is 0 Å². The van der Waals surface area contributed by atoms with Crippen LogP contribution in [0.15, 0.2) is 78.2 Å². The number of nitrogens with zero attached hydrogens (tertiary/aromatic N) is 2. The molecule has 0 saturated carbocycles. The molecule has 0 aliphatic carbocycles. The highest BCUT2D eigenvalue weighted by Crippen LogP contribution is 2.33. The maximum atomic E-state index is 13.7. The highest BCUT2D eigenvalue weighted by molar-refractivity contribution is 7.09. The second-order valence-electron chi connectivity index (χ2n) is 7.74. The number of hydrogen-bond donors (Lipinski definition) is 1. The molecule has 3 aromatic rings. The van der Waals surface area contributed by atoms with Gasteiger partial charge in [0, 0.05) is 17.8 Å². The maximum absolute atomic E-state index is 13.7. The Kier molecular flexibility index (Phi) is 6.37. The summed E-state index contributed by atoms with van der Waals surface area (Å²) in [5.41, 5.74) is 0.374. The van der Waals surface area contributed by atoms with E-state index in [0.29, 0.717) is 25.1 Å². The molecule has 1 aliphatic heterocycles. The third-order valence-corrected chi connectivity index (χ3v) is 6.57. The average Bonchev–Trinajstić information content (AvgIpc) is 3.41. The molecule has 2 aromatic carbocycles. The van der Waals surface area contributed by atoms with Crippen LogP contribution in [0.5, 0.6) is 0 Å². The lowest BCUT2D eigenvalue weighted by Gasteiger charge is -2.28. The maximum Gasteiger partial charge on any atom is 0.325 e. The van der Waals surface area contributed by atoms with Crippen molar-refractivity contribution in [2.45, 2.75) is 25.4 Å². The fraction of sp³-hybridized carbons (Fsp3) is 0.240. The number of benzene rings is 2. The van der Waals surface area contributed by atoms with Gasteiger partial charge in [0.1, 0.15) is 6.54 Å². The Morgan fingerprint density at radius 3 is 2.31 bits per heavy atom. The molecule has 0 radical (unpaired) electrons. The van der Waals surface area contributed by atoms with Gasteiger partial charge in [0.2, 0.25) is 5.91 Å². The van der Waals surface area contributed by atoms with Gasteiger partial charge in [0.15, 0.2) is 5.54 Å². The second-order valence-corrected chi connectivity index (χ2v) is 8.77. The number of nitrogens with one attached hydrogen (secondary N) is 1. The summed E-state index contributed by atoms with van der Waals surface area (Å²) in [6.45, 7) is 2.56. The van der Waals surface area contributed by atoms with Crippen LogP contribution >= 0.6 is 11.3 Å². The lowest BCUT2D eigenvalue weighted by atomic mass is 9.83. The third-order valence-electron chi connectivity index (χ3n) is 5.71. The zero-order valence-corrected chi connectivity index (χ0v) is 18.7. The summed E-state index contributed by atoms with van der Waals surface area (Å²) in [4.78, 5) is 43.4.